The predicted molar refractivity (Wildman–Crippen MR) is 157 cm³/mol. The number of aryl methyl sites for hydroxylation is 1. The predicted octanol–water partition coefficient (Wildman–Crippen LogP) is 4.27. The fourth-order valence-corrected chi connectivity index (χ4v) is 5.69. The van der Waals surface area contributed by atoms with E-state index in [0.717, 1.165) is 52.5 Å². The molecule has 0 atom stereocenters. The number of hydrogen-bond donors (Lipinski definition) is 0. The number of ether oxygens (including phenoxy) is 1. The number of amides is 1. The molecule has 4 heterocycles. The molecule has 6 aromatic rings. The minimum Gasteiger partial charge on any atom is -0.495 e. The molecule has 0 bridgehead atoms. The van der Waals surface area contributed by atoms with Crippen molar-refractivity contribution in [2.24, 2.45) is 0 Å². The van der Waals surface area contributed by atoms with Gasteiger partial charge in [0.15, 0.2) is 11.5 Å². The summed E-state index contributed by atoms with van der Waals surface area (Å²) >= 11 is 0. The lowest BCUT2D eigenvalue weighted by Crippen LogP contribution is -2.48. The third-order valence-electron chi connectivity index (χ3n) is 7.78. The molecule has 1 saturated heterocycles. The molecule has 3 aromatic heterocycles. The first-order valence-corrected chi connectivity index (χ1v) is 13.9. The first kappa shape index (κ1) is 25.0. The van der Waals surface area contributed by atoms with Gasteiger partial charge in [-0.05, 0) is 30.7 Å². The van der Waals surface area contributed by atoms with Crippen LogP contribution in [0.4, 0.5) is 5.69 Å². The summed E-state index contributed by atoms with van der Waals surface area (Å²) in [5, 5.41) is 14.8. The molecule has 1 amide bonds. The van der Waals surface area contributed by atoms with E-state index in [1.165, 1.54) is 0 Å². The molecular weight excluding hydrogens is 516 g/mol. The molecule has 206 valence electrons. The molecule has 0 N–H and O–H groups in total. The maximum atomic E-state index is 13.1. The second-order valence-corrected chi connectivity index (χ2v) is 10.2. The topological polar surface area (TPSA) is 93.2 Å². The van der Waals surface area contributed by atoms with Crippen LogP contribution in [-0.2, 0) is 11.2 Å². The van der Waals surface area contributed by atoms with Gasteiger partial charge >= 0.3 is 0 Å². The van der Waals surface area contributed by atoms with E-state index in [4.69, 9.17) is 14.8 Å². The Morgan fingerprint density at radius 1 is 0.878 bits per heavy atom. The highest BCUT2D eigenvalue weighted by molar-refractivity contribution is 5.94. The fraction of sp³-hybridized carbons (Fsp3) is 0.258. The first-order valence-electron chi connectivity index (χ1n) is 13.9. The molecule has 7 rings (SSSR count). The summed E-state index contributed by atoms with van der Waals surface area (Å²) in [7, 11) is 1.69. The van der Waals surface area contributed by atoms with E-state index in [1.54, 1.807) is 11.6 Å². The van der Waals surface area contributed by atoms with Crippen molar-refractivity contribution in [3.8, 4) is 17.1 Å². The number of anilines is 1. The van der Waals surface area contributed by atoms with Crippen LogP contribution >= 0.6 is 0 Å². The SMILES string of the molecule is COc1ccccc1N1CCN(C(=O)CCCc2nnc3n4nc(-c5ccccc5)nc4c4ccccc4n23)CC1. The van der Waals surface area contributed by atoms with Crippen LogP contribution in [0.15, 0.2) is 78.9 Å². The Labute approximate surface area is 236 Å². The number of nitrogens with zero attached hydrogens (tertiary/aromatic N) is 8. The number of fused-ring (bicyclic) bond motifs is 6. The number of aromatic nitrogens is 6. The van der Waals surface area contributed by atoms with Gasteiger partial charge in [0.2, 0.25) is 5.91 Å². The van der Waals surface area contributed by atoms with Crippen LogP contribution in [0.2, 0.25) is 0 Å². The normalized spacial score (nSPS) is 13.9. The van der Waals surface area contributed by atoms with Gasteiger partial charge in [-0.1, -0.05) is 54.6 Å². The Hall–Kier alpha value is -4.99. The number of benzene rings is 3. The highest BCUT2D eigenvalue weighted by Crippen LogP contribution is 2.29. The molecule has 10 heteroatoms. The van der Waals surface area contributed by atoms with Gasteiger partial charge in [0.25, 0.3) is 5.78 Å². The molecule has 1 fully saturated rings. The minimum absolute atomic E-state index is 0.175. The quantitative estimate of drug-likeness (QED) is 0.295. The van der Waals surface area contributed by atoms with Crippen molar-refractivity contribution in [1.29, 1.82) is 0 Å². The van der Waals surface area contributed by atoms with Gasteiger partial charge in [0.1, 0.15) is 11.6 Å². The Balaban J connectivity index is 1.08. The summed E-state index contributed by atoms with van der Waals surface area (Å²) in [6.07, 6.45) is 1.78. The smallest absolute Gasteiger partial charge is 0.258 e. The Morgan fingerprint density at radius 2 is 1.63 bits per heavy atom. The molecule has 0 aliphatic carbocycles. The zero-order valence-corrected chi connectivity index (χ0v) is 22.8. The van der Waals surface area contributed by atoms with Gasteiger partial charge in [0.05, 0.1) is 18.3 Å². The van der Waals surface area contributed by atoms with Crippen molar-refractivity contribution in [3.63, 3.8) is 0 Å². The van der Waals surface area contributed by atoms with Gasteiger partial charge < -0.3 is 14.5 Å². The van der Waals surface area contributed by atoms with E-state index in [0.29, 0.717) is 44.0 Å². The summed E-state index contributed by atoms with van der Waals surface area (Å²) in [5.74, 6) is 3.10. The van der Waals surface area contributed by atoms with E-state index in [9.17, 15) is 4.79 Å². The van der Waals surface area contributed by atoms with Crippen molar-refractivity contribution < 1.29 is 9.53 Å². The second kappa shape index (κ2) is 10.5. The average Bonchev–Trinajstić information content (AvgIpc) is 3.67. The highest BCUT2D eigenvalue weighted by Gasteiger charge is 2.23. The monoisotopic (exact) mass is 546 g/mol. The number of para-hydroxylation sites is 3. The van der Waals surface area contributed by atoms with Gasteiger partial charge in [-0.2, -0.15) is 4.52 Å². The Bertz CT molecular complexity index is 1850. The van der Waals surface area contributed by atoms with Crippen LogP contribution in [0.25, 0.3) is 33.7 Å². The number of hydrogen-bond acceptors (Lipinski definition) is 7. The fourth-order valence-electron chi connectivity index (χ4n) is 5.69. The van der Waals surface area contributed by atoms with Gasteiger partial charge in [-0.25, -0.2) is 4.98 Å². The van der Waals surface area contributed by atoms with E-state index in [1.807, 2.05) is 76.0 Å². The summed E-state index contributed by atoms with van der Waals surface area (Å²) < 4.78 is 9.33. The lowest BCUT2D eigenvalue weighted by atomic mass is 10.1. The third kappa shape index (κ3) is 4.51. The summed E-state index contributed by atoms with van der Waals surface area (Å²) in [6, 6.07) is 26.1. The van der Waals surface area contributed by atoms with Crippen LogP contribution in [0.1, 0.15) is 18.7 Å². The molecule has 1 aliphatic heterocycles. The number of piperazine rings is 1. The van der Waals surface area contributed by atoms with E-state index >= 15 is 0 Å². The van der Waals surface area contributed by atoms with Crippen molar-refractivity contribution in [1.82, 2.24) is 34.1 Å². The molecule has 41 heavy (non-hydrogen) atoms. The first-order chi connectivity index (χ1) is 20.2. The van der Waals surface area contributed by atoms with Crippen LogP contribution in [0.5, 0.6) is 5.75 Å². The van der Waals surface area contributed by atoms with Gasteiger partial charge in [0, 0.05) is 50.0 Å². The number of methoxy groups -OCH3 is 1. The van der Waals surface area contributed by atoms with Crippen LogP contribution in [-0.4, -0.2) is 73.3 Å². The molecule has 0 unspecified atom stereocenters. The van der Waals surface area contributed by atoms with Crippen LogP contribution in [0, 0.1) is 0 Å². The third-order valence-corrected chi connectivity index (χ3v) is 7.78. The van der Waals surface area contributed by atoms with Crippen molar-refractivity contribution >= 4 is 33.9 Å². The largest absolute Gasteiger partial charge is 0.495 e. The Kier molecular flexibility index (Phi) is 6.42. The molecule has 0 spiro atoms. The highest BCUT2D eigenvalue weighted by atomic mass is 16.5. The zero-order valence-electron chi connectivity index (χ0n) is 22.8. The maximum Gasteiger partial charge on any atom is 0.258 e. The molecule has 0 saturated carbocycles. The summed E-state index contributed by atoms with van der Waals surface area (Å²) in [6.45, 7) is 2.96. The van der Waals surface area contributed by atoms with Gasteiger partial charge in [-0.3, -0.25) is 9.20 Å². The standard InChI is InChI=1S/C31H30N8O2/c1-41-26-15-8-7-14-25(26)36-18-20-37(21-19-36)28(40)17-9-16-27-33-34-31-38(27)24-13-6-5-12-23(24)30-32-29(35-39(30)31)22-10-3-2-4-11-22/h2-8,10-15H,9,16-21H2,1H3. The summed E-state index contributed by atoms with van der Waals surface area (Å²) in [4.78, 5) is 22.2. The Morgan fingerprint density at radius 3 is 2.46 bits per heavy atom. The lowest BCUT2D eigenvalue weighted by molar-refractivity contribution is -0.131. The summed E-state index contributed by atoms with van der Waals surface area (Å²) in [5.41, 5.74) is 3.74. The molecule has 1 aliphatic rings. The van der Waals surface area contributed by atoms with Crippen LogP contribution in [0.3, 0.4) is 0 Å². The molecular formula is C31H30N8O2. The van der Waals surface area contributed by atoms with E-state index in [-0.39, 0.29) is 5.91 Å². The van der Waals surface area contributed by atoms with Crippen LogP contribution < -0.4 is 9.64 Å². The van der Waals surface area contributed by atoms with E-state index in [2.05, 4.69) is 27.2 Å². The number of rotatable bonds is 7. The lowest BCUT2D eigenvalue weighted by Gasteiger charge is -2.36. The van der Waals surface area contributed by atoms with E-state index < -0.39 is 0 Å². The molecule has 0 radical (unpaired) electrons. The van der Waals surface area contributed by atoms with Crippen molar-refractivity contribution in [3.05, 3.63) is 84.7 Å². The van der Waals surface area contributed by atoms with Gasteiger partial charge in [-0.15, -0.1) is 15.3 Å². The minimum atomic E-state index is 0.175. The second-order valence-electron chi connectivity index (χ2n) is 10.2. The zero-order chi connectivity index (χ0) is 27.8. The van der Waals surface area contributed by atoms with Crippen molar-refractivity contribution in [2.75, 3.05) is 38.2 Å². The number of carbonyl (C=O) groups excluding carboxylic acids is 1. The average molecular weight is 547 g/mol. The molecule has 3 aromatic carbocycles. The maximum absolute atomic E-state index is 13.1. The number of carbonyl (C=O) groups is 1. The van der Waals surface area contributed by atoms with Crippen molar-refractivity contribution in [2.45, 2.75) is 19.3 Å². The molecule has 10 nitrogen and oxygen atoms in total.